The van der Waals surface area contributed by atoms with E-state index in [4.69, 9.17) is 10.5 Å². The monoisotopic (exact) mass is 276 g/mol. The van der Waals surface area contributed by atoms with Gasteiger partial charge in [0.25, 0.3) is 0 Å². The van der Waals surface area contributed by atoms with E-state index in [0.29, 0.717) is 11.6 Å². The number of hydrogen-bond acceptors (Lipinski definition) is 7. The van der Waals surface area contributed by atoms with Crippen LogP contribution in [0.4, 0.5) is 11.6 Å². The van der Waals surface area contributed by atoms with Gasteiger partial charge in [0.15, 0.2) is 11.6 Å². The molecule has 0 aliphatic carbocycles. The second kappa shape index (κ2) is 5.16. The van der Waals surface area contributed by atoms with Gasteiger partial charge < -0.3 is 15.4 Å². The van der Waals surface area contributed by atoms with Gasteiger partial charge in [-0.1, -0.05) is 0 Å². The number of carbonyl (C=O) groups is 1. The summed E-state index contributed by atoms with van der Waals surface area (Å²) < 4.78 is 6.15. The van der Waals surface area contributed by atoms with Crippen LogP contribution in [0.3, 0.4) is 0 Å². The highest BCUT2D eigenvalue weighted by atomic mass is 16.5. The molecule has 2 aromatic heterocycles. The molecule has 8 heteroatoms. The van der Waals surface area contributed by atoms with E-state index in [-0.39, 0.29) is 11.4 Å². The smallest absolute Gasteiger partial charge is 0.345 e. The molecule has 106 valence electrons. The number of carbonyl (C=O) groups excluding carboxylic acids is 1. The first-order valence-electron chi connectivity index (χ1n) is 5.88. The molecule has 0 saturated heterocycles. The Labute approximate surface area is 116 Å². The first-order valence-corrected chi connectivity index (χ1v) is 5.88. The summed E-state index contributed by atoms with van der Waals surface area (Å²) in [6.45, 7) is 1.83. The number of rotatable bonds is 3. The predicted molar refractivity (Wildman–Crippen MR) is 74.0 cm³/mol. The minimum atomic E-state index is -0.539. The van der Waals surface area contributed by atoms with Gasteiger partial charge in [-0.3, -0.25) is 0 Å². The maximum atomic E-state index is 11.9. The summed E-state index contributed by atoms with van der Waals surface area (Å²) in [5.41, 5.74) is 7.00. The van der Waals surface area contributed by atoms with Crippen LogP contribution in [0.15, 0.2) is 12.4 Å². The molecule has 20 heavy (non-hydrogen) atoms. The zero-order valence-corrected chi connectivity index (χ0v) is 11.8. The molecule has 2 aromatic rings. The first-order chi connectivity index (χ1) is 9.45. The highest BCUT2D eigenvalue weighted by molar-refractivity contribution is 6.00. The third kappa shape index (κ3) is 2.27. The molecule has 2 heterocycles. The molecular weight excluding hydrogens is 260 g/mol. The maximum Gasteiger partial charge on any atom is 0.345 e. The topological polar surface area (TPSA) is 99.2 Å². The van der Waals surface area contributed by atoms with Crippen LogP contribution in [-0.4, -0.2) is 46.9 Å². The van der Waals surface area contributed by atoms with Crippen LogP contribution in [0.1, 0.15) is 16.1 Å². The Balaban J connectivity index is 2.64. The number of hydrogen-bond donors (Lipinski definition) is 1. The van der Waals surface area contributed by atoms with Gasteiger partial charge in [0.2, 0.25) is 0 Å². The van der Waals surface area contributed by atoms with Crippen LogP contribution >= 0.6 is 0 Å². The Morgan fingerprint density at radius 3 is 2.65 bits per heavy atom. The molecule has 0 unspecified atom stereocenters. The van der Waals surface area contributed by atoms with Crippen LogP contribution in [0.25, 0.3) is 5.82 Å². The van der Waals surface area contributed by atoms with Crippen molar-refractivity contribution in [3.8, 4) is 5.82 Å². The number of esters is 1. The number of nitrogens with zero attached hydrogens (tertiary/aromatic N) is 5. The first kappa shape index (κ1) is 13.8. The fourth-order valence-corrected chi connectivity index (χ4v) is 1.76. The molecule has 0 atom stereocenters. The maximum absolute atomic E-state index is 11.9. The third-order valence-electron chi connectivity index (χ3n) is 2.72. The minimum absolute atomic E-state index is 0.179. The van der Waals surface area contributed by atoms with E-state index in [1.54, 1.807) is 25.1 Å². The molecule has 8 nitrogen and oxygen atoms in total. The summed E-state index contributed by atoms with van der Waals surface area (Å²) in [7, 11) is 4.83. The summed E-state index contributed by atoms with van der Waals surface area (Å²) in [4.78, 5) is 21.7. The van der Waals surface area contributed by atoms with Crippen molar-refractivity contribution in [2.24, 2.45) is 0 Å². The van der Waals surface area contributed by atoms with Crippen molar-refractivity contribution in [3.63, 3.8) is 0 Å². The normalized spacial score (nSPS) is 10.4. The van der Waals surface area contributed by atoms with Gasteiger partial charge in [0, 0.05) is 25.9 Å². The molecule has 0 aliphatic rings. The molecular formula is C12H16N6O2. The number of aromatic nitrogens is 4. The van der Waals surface area contributed by atoms with Gasteiger partial charge in [-0.25, -0.2) is 14.8 Å². The highest BCUT2D eigenvalue weighted by Gasteiger charge is 2.25. The van der Waals surface area contributed by atoms with Crippen LogP contribution in [0.5, 0.6) is 0 Å². The minimum Gasteiger partial charge on any atom is -0.465 e. The predicted octanol–water partition coefficient (Wildman–Crippen LogP) is 0.406. The fourth-order valence-electron chi connectivity index (χ4n) is 1.76. The summed E-state index contributed by atoms with van der Waals surface area (Å²) in [6, 6.07) is 1.73. The summed E-state index contributed by atoms with van der Waals surface area (Å²) >= 11 is 0. The summed E-state index contributed by atoms with van der Waals surface area (Å²) in [5.74, 6) is 0.556. The SMILES string of the molecule is COC(=O)c1c(N(C)C)nn(-c2cc(C)ncn2)c1N. The average molecular weight is 276 g/mol. The zero-order chi connectivity index (χ0) is 14.9. The number of nitrogens with two attached hydrogens (primary N) is 1. The fraction of sp³-hybridized carbons (Fsp3) is 0.333. The molecule has 0 aliphatic heterocycles. The summed E-state index contributed by atoms with van der Waals surface area (Å²) in [6.07, 6.45) is 1.42. The van der Waals surface area contributed by atoms with Crippen LogP contribution in [0, 0.1) is 6.92 Å². The number of anilines is 2. The van der Waals surface area contributed by atoms with E-state index in [1.165, 1.54) is 18.1 Å². The van der Waals surface area contributed by atoms with Crippen molar-refractivity contribution in [1.29, 1.82) is 0 Å². The van der Waals surface area contributed by atoms with Crippen molar-refractivity contribution >= 4 is 17.6 Å². The van der Waals surface area contributed by atoms with Gasteiger partial charge in [0.1, 0.15) is 17.7 Å². The van der Waals surface area contributed by atoms with Crippen molar-refractivity contribution < 1.29 is 9.53 Å². The number of methoxy groups -OCH3 is 1. The lowest BCUT2D eigenvalue weighted by atomic mass is 10.3. The van der Waals surface area contributed by atoms with Crippen molar-refractivity contribution in [1.82, 2.24) is 19.7 Å². The molecule has 0 saturated carbocycles. The largest absolute Gasteiger partial charge is 0.465 e. The van der Waals surface area contributed by atoms with Crippen LogP contribution in [0.2, 0.25) is 0 Å². The van der Waals surface area contributed by atoms with E-state index in [2.05, 4.69) is 15.1 Å². The van der Waals surface area contributed by atoms with E-state index in [9.17, 15) is 4.79 Å². The lowest BCUT2D eigenvalue weighted by Gasteiger charge is -2.09. The van der Waals surface area contributed by atoms with Gasteiger partial charge >= 0.3 is 5.97 Å². The second-order valence-electron chi connectivity index (χ2n) is 4.40. The molecule has 0 amide bonds. The van der Waals surface area contributed by atoms with Gasteiger partial charge in [-0.2, -0.15) is 4.68 Å². The van der Waals surface area contributed by atoms with Crippen LogP contribution < -0.4 is 10.6 Å². The number of ether oxygens (including phenoxy) is 1. The van der Waals surface area contributed by atoms with Crippen molar-refractivity contribution in [2.45, 2.75) is 6.92 Å². The molecule has 0 spiro atoms. The molecule has 2 N–H and O–H groups in total. The average Bonchev–Trinajstić information content (AvgIpc) is 2.76. The lowest BCUT2D eigenvalue weighted by molar-refractivity contribution is 0.0602. The van der Waals surface area contributed by atoms with Gasteiger partial charge in [-0.15, -0.1) is 5.10 Å². The standard InChI is InChI=1S/C12H16N6O2/c1-7-5-8(15-6-14-7)18-10(13)9(12(19)20-4)11(16-18)17(2)3/h5-6H,13H2,1-4H3. The van der Waals surface area contributed by atoms with E-state index >= 15 is 0 Å². The third-order valence-corrected chi connectivity index (χ3v) is 2.72. The Bertz CT molecular complexity index is 649. The Morgan fingerprint density at radius 2 is 2.10 bits per heavy atom. The quantitative estimate of drug-likeness (QED) is 0.810. The second-order valence-corrected chi connectivity index (χ2v) is 4.40. The van der Waals surface area contributed by atoms with Crippen molar-refractivity contribution in [3.05, 3.63) is 23.7 Å². The van der Waals surface area contributed by atoms with Gasteiger partial charge in [-0.05, 0) is 6.92 Å². The molecule has 0 bridgehead atoms. The lowest BCUT2D eigenvalue weighted by Crippen LogP contribution is -2.14. The Kier molecular flexibility index (Phi) is 3.55. The number of aryl methyl sites for hydroxylation is 1. The van der Waals surface area contributed by atoms with Gasteiger partial charge in [0.05, 0.1) is 7.11 Å². The molecule has 0 aromatic carbocycles. The molecule has 2 rings (SSSR count). The zero-order valence-electron chi connectivity index (χ0n) is 11.8. The van der Waals surface area contributed by atoms with Crippen LogP contribution in [-0.2, 0) is 4.74 Å². The Hall–Kier alpha value is -2.64. The van der Waals surface area contributed by atoms with E-state index in [0.717, 1.165) is 5.69 Å². The van der Waals surface area contributed by atoms with Crippen molar-refractivity contribution in [2.75, 3.05) is 31.8 Å². The summed E-state index contributed by atoms with van der Waals surface area (Å²) in [5, 5.41) is 4.32. The van der Waals surface area contributed by atoms with E-state index in [1.807, 2.05) is 6.92 Å². The van der Waals surface area contributed by atoms with E-state index < -0.39 is 5.97 Å². The highest BCUT2D eigenvalue weighted by Crippen LogP contribution is 2.26. The molecule has 0 radical (unpaired) electrons. The molecule has 0 fully saturated rings. The Morgan fingerprint density at radius 1 is 1.40 bits per heavy atom. The number of nitrogen functional groups attached to an aromatic ring is 1.